The van der Waals surface area contributed by atoms with E-state index in [0.717, 1.165) is 31.1 Å². The first-order valence-corrected chi connectivity index (χ1v) is 7.10. The van der Waals surface area contributed by atoms with Crippen LogP contribution in [0.25, 0.3) is 0 Å². The topological polar surface area (TPSA) is 110 Å². The zero-order valence-electron chi connectivity index (χ0n) is 10.7. The highest BCUT2D eigenvalue weighted by molar-refractivity contribution is 7.18. The van der Waals surface area contributed by atoms with Gasteiger partial charge in [0.2, 0.25) is 6.39 Å². The smallest absolute Gasteiger partial charge is 0.265 e. The Bertz CT molecular complexity index is 590. The van der Waals surface area contributed by atoms with Crippen molar-refractivity contribution >= 4 is 28.2 Å². The average Bonchev–Trinajstić information content (AvgIpc) is 3.17. The van der Waals surface area contributed by atoms with E-state index in [0.29, 0.717) is 10.7 Å². The summed E-state index contributed by atoms with van der Waals surface area (Å²) < 4.78 is 4.59. The van der Waals surface area contributed by atoms with Gasteiger partial charge in [-0.05, 0) is 12.8 Å². The number of carbonyl (C=O) groups is 1. The number of hydrogen-bond acceptors (Lipinski definition) is 8. The molecule has 0 aliphatic carbocycles. The van der Waals surface area contributed by atoms with Crippen molar-refractivity contribution in [2.24, 2.45) is 0 Å². The molecule has 1 aliphatic heterocycles. The lowest BCUT2D eigenvalue weighted by Gasteiger charge is -2.11. The minimum Gasteiger partial charge on any atom is -0.382 e. The molecule has 0 unspecified atom stereocenters. The largest absolute Gasteiger partial charge is 0.382 e. The van der Waals surface area contributed by atoms with Crippen LogP contribution in [0.2, 0.25) is 0 Å². The molecular weight excluding hydrogens is 280 g/mol. The lowest BCUT2D eigenvalue weighted by atomic mass is 10.4. The van der Waals surface area contributed by atoms with Gasteiger partial charge in [-0.25, -0.2) is 4.98 Å². The maximum absolute atomic E-state index is 12.1. The van der Waals surface area contributed by atoms with Crippen molar-refractivity contribution in [3.8, 4) is 0 Å². The lowest BCUT2D eigenvalue weighted by Crippen LogP contribution is -2.23. The Hall–Kier alpha value is -2.16. The zero-order chi connectivity index (χ0) is 13.9. The second kappa shape index (κ2) is 5.45. The van der Waals surface area contributed by atoms with Gasteiger partial charge < -0.3 is 20.5 Å². The molecule has 0 radical (unpaired) electrons. The third-order valence-electron chi connectivity index (χ3n) is 3.04. The molecule has 1 saturated heterocycles. The third-order valence-corrected chi connectivity index (χ3v) is 4.17. The van der Waals surface area contributed by atoms with Gasteiger partial charge in [-0.3, -0.25) is 4.79 Å². The van der Waals surface area contributed by atoms with Crippen LogP contribution in [-0.4, -0.2) is 34.1 Å². The van der Waals surface area contributed by atoms with E-state index in [2.05, 4.69) is 29.9 Å². The maximum Gasteiger partial charge on any atom is 0.265 e. The van der Waals surface area contributed by atoms with E-state index in [9.17, 15) is 4.79 Å². The van der Waals surface area contributed by atoms with Crippen molar-refractivity contribution in [1.29, 1.82) is 0 Å². The molecule has 2 aromatic heterocycles. The SMILES string of the molecule is Nc1nc(N2CCCC2)sc1C(=O)NCc1ncon1. The maximum atomic E-state index is 12.1. The fourth-order valence-electron chi connectivity index (χ4n) is 2.04. The number of amides is 1. The van der Waals surface area contributed by atoms with Gasteiger partial charge in [0.15, 0.2) is 11.0 Å². The van der Waals surface area contributed by atoms with Crippen molar-refractivity contribution in [1.82, 2.24) is 20.4 Å². The molecule has 1 amide bonds. The fourth-order valence-corrected chi connectivity index (χ4v) is 2.99. The summed E-state index contributed by atoms with van der Waals surface area (Å²) in [6, 6.07) is 0. The standard InChI is InChI=1S/C11H14N6O2S/c12-9-8(10(18)13-5-7-14-6-19-16-7)20-11(15-9)17-3-1-2-4-17/h6H,1-5,12H2,(H,13,18). The molecule has 3 heterocycles. The summed E-state index contributed by atoms with van der Waals surface area (Å²) in [5.74, 6) is 0.416. The first-order valence-electron chi connectivity index (χ1n) is 6.29. The fraction of sp³-hybridized carbons (Fsp3) is 0.455. The predicted octanol–water partition coefficient (Wildman–Crippen LogP) is 0.638. The third kappa shape index (κ3) is 2.57. The number of hydrogen-bond donors (Lipinski definition) is 2. The summed E-state index contributed by atoms with van der Waals surface area (Å²) in [6.07, 6.45) is 3.52. The van der Waals surface area contributed by atoms with Crippen molar-refractivity contribution in [2.75, 3.05) is 23.7 Å². The van der Waals surface area contributed by atoms with Crippen LogP contribution in [0.3, 0.4) is 0 Å². The number of nitrogens with zero attached hydrogens (tertiary/aromatic N) is 4. The predicted molar refractivity (Wildman–Crippen MR) is 73.4 cm³/mol. The molecule has 20 heavy (non-hydrogen) atoms. The van der Waals surface area contributed by atoms with Gasteiger partial charge in [0.25, 0.3) is 5.91 Å². The second-order valence-electron chi connectivity index (χ2n) is 4.44. The Kier molecular flexibility index (Phi) is 3.50. The van der Waals surface area contributed by atoms with Crippen molar-refractivity contribution in [3.05, 3.63) is 17.1 Å². The second-order valence-corrected chi connectivity index (χ2v) is 5.41. The molecule has 8 nitrogen and oxygen atoms in total. The normalized spacial score (nSPS) is 14.7. The van der Waals surface area contributed by atoms with E-state index in [1.807, 2.05) is 0 Å². The molecule has 106 valence electrons. The van der Waals surface area contributed by atoms with Crippen LogP contribution >= 0.6 is 11.3 Å². The van der Waals surface area contributed by atoms with Crippen LogP contribution in [0.4, 0.5) is 10.9 Å². The Balaban J connectivity index is 1.67. The van der Waals surface area contributed by atoms with Crippen LogP contribution in [0.5, 0.6) is 0 Å². The minimum absolute atomic E-state index is 0.200. The molecule has 0 saturated carbocycles. The van der Waals surface area contributed by atoms with Crippen LogP contribution in [-0.2, 0) is 6.54 Å². The van der Waals surface area contributed by atoms with E-state index in [4.69, 9.17) is 5.73 Å². The van der Waals surface area contributed by atoms with Crippen molar-refractivity contribution in [2.45, 2.75) is 19.4 Å². The molecule has 3 rings (SSSR count). The highest BCUT2D eigenvalue weighted by Crippen LogP contribution is 2.30. The molecule has 0 spiro atoms. The molecular formula is C11H14N6O2S. The number of thiazole rings is 1. The monoisotopic (exact) mass is 294 g/mol. The highest BCUT2D eigenvalue weighted by Gasteiger charge is 2.21. The number of aromatic nitrogens is 3. The quantitative estimate of drug-likeness (QED) is 0.851. The Morgan fingerprint density at radius 3 is 3.00 bits per heavy atom. The lowest BCUT2D eigenvalue weighted by molar-refractivity contribution is 0.0954. The first-order chi connectivity index (χ1) is 9.74. The number of rotatable bonds is 4. The van der Waals surface area contributed by atoms with Crippen LogP contribution in [0.15, 0.2) is 10.9 Å². The van der Waals surface area contributed by atoms with Gasteiger partial charge in [0, 0.05) is 13.1 Å². The summed E-state index contributed by atoms with van der Waals surface area (Å²) in [4.78, 5) is 22.7. The van der Waals surface area contributed by atoms with E-state index in [1.54, 1.807) is 0 Å². The van der Waals surface area contributed by atoms with Gasteiger partial charge in [-0.2, -0.15) is 4.98 Å². The summed E-state index contributed by atoms with van der Waals surface area (Å²) in [5.41, 5.74) is 5.82. The number of carbonyl (C=O) groups excluding carboxylic acids is 1. The molecule has 0 bridgehead atoms. The van der Waals surface area contributed by atoms with E-state index in [-0.39, 0.29) is 18.3 Å². The van der Waals surface area contributed by atoms with E-state index < -0.39 is 0 Å². The highest BCUT2D eigenvalue weighted by atomic mass is 32.1. The minimum atomic E-state index is -0.268. The van der Waals surface area contributed by atoms with Gasteiger partial charge >= 0.3 is 0 Å². The Morgan fingerprint density at radius 1 is 1.50 bits per heavy atom. The average molecular weight is 294 g/mol. The van der Waals surface area contributed by atoms with Gasteiger partial charge in [-0.1, -0.05) is 16.5 Å². The molecule has 9 heteroatoms. The number of anilines is 2. The van der Waals surface area contributed by atoms with Crippen molar-refractivity contribution < 1.29 is 9.32 Å². The Morgan fingerprint density at radius 2 is 2.30 bits per heavy atom. The number of nitrogens with two attached hydrogens (primary N) is 1. The summed E-state index contributed by atoms with van der Waals surface area (Å²) in [6.45, 7) is 2.14. The molecule has 3 N–H and O–H groups in total. The summed E-state index contributed by atoms with van der Waals surface area (Å²) in [5, 5.41) is 7.12. The zero-order valence-corrected chi connectivity index (χ0v) is 11.5. The molecule has 1 aliphatic rings. The molecule has 0 aromatic carbocycles. The number of nitrogens with one attached hydrogen (secondary N) is 1. The summed E-state index contributed by atoms with van der Waals surface area (Å²) >= 11 is 1.32. The van der Waals surface area contributed by atoms with Crippen LogP contribution in [0, 0.1) is 0 Å². The van der Waals surface area contributed by atoms with Crippen LogP contribution in [0.1, 0.15) is 28.3 Å². The summed E-state index contributed by atoms with van der Waals surface area (Å²) in [7, 11) is 0. The van der Waals surface area contributed by atoms with Crippen molar-refractivity contribution in [3.63, 3.8) is 0 Å². The van der Waals surface area contributed by atoms with E-state index >= 15 is 0 Å². The van der Waals surface area contributed by atoms with Gasteiger partial charge in [0.05, 0.1) is 6.54 Å². The van der Waals surface area contributed by atoms with Crippen LogP contribution < -0.4 is 16.0 Å². The van der Waals surface area contributed by atoms with E-state index in [1.165, 1.54) is 17.7 Å². The van der Waals surface area contributed by atoms with Gasteiger partial charge in [-0.15, -0.1) is 0 Å². The molecule has 2 aromatic rings. The van der Waals surface area contributed by atoms with Gasteiger partial charge in [0.1, 0.15) is 10.7 Å². The number of nitrogen functional groups attached to an aromatic ring is 1. The molecule has 1 fully saturated rings. The Labute approximate surface area is 119 Å². The first kappa shape index (κ1) is 12.9. The molecule has 0 atom stereocenters.